The van der Waals surface area contributed by atoms with Crippen molar-refractivity contribution in [2.75, 3.05) is 6.54 Å². The van der Waals surface area contributed by atoms with E-state index in [9.17, 15) is 0 Å². The summed E-state index contributed by atoms with van der Waals surface area (Å²) in [5.41, 5.74) is 0.273. The molecule has 0 atom stereocenters. The van der Waals surface area contributed by atoms with Crippen LogP contribution in [0, 0.1) is 5.41 Å². The average Bonchev–Trinajstić information content (AvgIpc) is 2.06. The highest BCUT2D eigenvalue weighted by Gasteiger charge is 2.24. The molecule has 0 N–H and O–H groups in total. The first-order valence-corrected chi connectivity index (χ1v) is 3.85. The Labute approximate surface area is 62.1 Å². The van der Waals surface area contributed by atoms with Crippen LogP contribution < -0.4 is 0 Å². The molecule has 1 aliphatic rings. The van der Waals surface area contributed by atoms with Gasteiger partial charge in [0.1, 0.15) is 6.34 Å². The highest BCUT2D eigenvalue weighted by Crippen LogP contribution is 2.25. The van der Waals surface area contributed by atoms with Crippen LogP contribution in [0.15, 0.2) is 9.98 Å². The smallest absolute Gasteiger partial charge is 0.109 e. The third-order valence-corrected chi connectivity index (χ3v) is 2.31. The molecule has 1 aliphatic heterocycles. The second kappa shape index (κ2) is 2.95. The zero-order valence-corrected chi connectivity index (χ0v) is 6.67. The zero-order valence-electron chi connectivity index (χ0n) is 6.67. The number of nitrogens with zero attached hydrogens (tertiary/aromatic N) is 2. The van der Waals surface area contributed by atoms with Crippen molar-refractivity contribution < 1.29 is 0 Å². The van der Waals surface area contributed by atoms with Gasteiger partial charge in [0.15, 0.2) is 0 Å². The first-order chi connectivity index (χ1) is 4.83. The van der Waals surface area contributed by atoms with Gasteiger partial charge in [0.05, 0.1) is 6.54 Å². The minimum atomic E-state index is 0.273. The number of rotatable bonds is 2. The molecule has 0 bridgehead atoms. The van der Waals surface area contributed by atoms with E-state index in [-0.39, 0.29) is 5.41 Å². The molecule has 10 heavy (non-hydrogen) atoms. The maximum absolute atomic E-state index is 4.15. The fraction of sp³-hybridized carbons (Fsp3) is 0.750. The summed E-state index contributed by atoms with van der Waals surface area (Å²) in [7, 11) is 0. The van der Waals surface area contributed by atoms with Gasteiger partial charge in [-0.3, -0.25) is 4.99 Å². The predicted molar refractivity (Wildman–Crippen MR) is 44.9 cm³/mol. The van der Waals surface area contributed by atoms with Gasteiger partial charge in [0.2, 0.25) is 0 Å². The van der Waals surface area contributed by atoms with Crippen molar-refractivity contribution in [1.29, 1.82) is 0 Å². The summed E-state index contributed by atoms with van der Waals surface area (Å²) in [6.07, 6.45) is 5.97. The van der Waals surface area contributed by atoms with Crippen molar-refractivity contribution in [3.63, 3.8) is 0 Å². The Bertz CT molecular complexity index is 155. The lowest BCUT2D eigenvalue weighted by Gasteiger charge is -2.25. The van der Waals surface area contributed by atoms with Crippen molar-refractivity contribution in [2.24, 2.45) is 15.4 Å². The summed E-state index contributed by atoms with van der Waals surface area (Å²) < 4.78 is 0. The lowest BCUT2D eigenvalue weighted by molar-refractivity contribution is 0.409. The van der Waals surface area contributed by atoms with Crippen molar-refractivity contribution in [1.82, 2.24) is 0 Å². The minimum absolute atomic E-state index is 0.273. The summed E-state index contributed by atoms with van der Waals surface area (Å²) >= 11 is 0. The molecule has 0 amide bonds. The number of aliphatic imine (C=N–C) groups is 2. The molecule has 0 unspecified atom stereocenters. The van der Waals surface area contributed by atoms with E-state index < -0.39 is 0 Å². The van der Waals surface area contributed by atoms with Crippen molar-refractivity contribution >= 4 is 12.6 Å². The van der Waals surface area contributed by atoms with Crippen LogP contribution in [0.25, 0.3) is 0 Å². The Morgan fingerprint density at radius 2 is 2.10 bits per heavy atom. The standard InChI is InChI=1S/C8H14N2/c1-3-8(4-2)5-9-7-10-6-8/h5,7H,3-4,6H2,1-2H3. The van der Waals surface area contributed by atoms with E-state index in [2.05, 4.69) is 23.8 Å². The van der Waals surface area contributed by atoms with E-state index >= 15 is 0 Å². The summed E-state index contributed by atoms with van der Waals surface area (Å²) in [4.78, 5) is 8.21. The first kappa shape index (κ1) is 7.45. The van der Waals surface area contributed by atoms with Crippen LogP contribution >= 0.6 is 0 Å². The van der Waals surface area contributed by atoms with Crippen LogP contribution in [0.1, 0.15) is 26.7 Å². The van der Waals surface area contributed by atoms with Crippen molar-refractivity contribution in [3.05, 3.63) is 0 Å². The Balaban J connectivity index is 2.66. The maximum Gasteiger partial charge on any atom is 0.109 e. The van der Waals surface area contributed by atoms with Crippen LogP contribution in [0.4, 0.5) is 0 Å². The third kappa shape index (κ3) is 1.25. The van der Waals surface area contributed by atoms with Crippen LogP contribution in [-0.4, -0.2) is 19.1 Å². The van der Waals surface area contributed by atoms with Gasteiger partial charge in [-0.15, -0.1) is 0 Å². The molecular weight excluding hydrogens is 124 g/mol. The van der Waals surface area contributed by atoms with Crippen LogP contribution in [0.3, 0.4) is 0 Å². The summed E-state index contributed by atoms with van der Waals surface area (Å²) in [6, 6.07) is 0. The van der Waals surface area contributed by atoms with Gasteiger partial charge in [-0.05, 0) is 12.8 Å². The first-order valence-electron chi connectivity index (χ1n) is 3.85. The molecule has 0 radical (unpaired) electrons. The second-order valence-electron chi connectivity index (χ2n) is 2.80. The molecule has 0 saturated heterocycles. The SMILES string of the molecule is CCC1(CC)C=NC=NC1. The number of hydrogen-bond donors (Lipinski definition) is 0. The van der Waals surface area contributed by atoms with Crippen LogP contribution in [0.2, 0.25) is 0 Å². The van der Waals surface area contributed by atoms with Crippen LogP contribution in [0.5, 0.6) is 0 Å². The van der Waals surface area contributed by atoms with Gasteiger partial charge in [-0.25, -0.2) is 4.99 Å². The quantitative estimate of drug-likeness (QED) is 0.557. The Morgan fingerprint density at radius 1 is 1.40 bits per heavy atom. The fourth-order valence-electron chi connectivity index (χ4n) is 1.16. The number of hydrogen-bond acceptors (Lipinski definition) is 2. The van der Waals surface area contributed by atoms with Gasteiger partial charge >= 0.3 is 0 Å². The molecule has 0 saturated carbocycles. The fourth-order valence-corrected chi connectivity index (χ4v) is 1.16. The Hall–Kier alpha value is -0.660. The molecule has 0 aromatic rings. The molecule has 1 heterocycles. The van der Waals surface area contributed by atoms with E-state index in [0.717, 1.165) is 19.4 Å². The van der Waals surface area contributed by atoms with Crippen molar-refractivity contribution in [2.45, 2.75) is 26.7 Å². The third-order valence-electron chi connectivity index (χ3n) is 2.31. The molecule has 0 aromatic heterocycles. The van der Waals surface area contributed by atoms with E-state index in [1.807, 2.05) is 6.21 Å². The monoisotopic (exact) mass is 138 g/mol. The Kier molecular flexibility index (Phi) is 2.20. The van der Waals surface area contributed by atoms with E-state index in [1.165, 1.54) is 0 Å². The molecule has 0 fully saturated rings. The largest absolute Gasteiger partial charge is 0.273 e. The van der Waals surface area contributed by atoms with Gasteiger partial charge in [0, 0.05) is 11.6 Å². The molecule has 0 aromatic carbocycles. The van der Waals surface area contributed by atoms with Crippen molar-refractivity contribution in [3.8, 4) is 0 Å². The normalized spacial score (nSPS) is 21.4. The zero-order chi connectivity index (χ0) is 7.45. The molecule has 2 heteroatoms. The highest BCUT2D eigenvalue weighted by atomic mass is 14.9. The molecule has 0 spiro atoms. The lowest BCUT2D eigenvalue weighted by atomic mass is 9.83. The second-order valence-corrected chi connectivity index (χ2v) is 2.80. The van der Waals surface area contributed by atoms with E-state index in [0.29, 0.717) is 0 Å². The molecule has 56 valence electrons. The van der Waals surface area contributed by atoms with Gasteiger partial charge < -0.3 is 0 Å². The summed E-state index contributed by atoms with van der Waals surface area (Å²) in [5.74, 6) is 0. The molecular formula is C8H14N2. The predicted octanol–water partition coefficient (Wildman–Crippen LogP) is 1.91. The molecule has 1 rings (SSSR count). The highest BCUT2D eigenvalue weighted by molar-refractivity contribution is 5.79. The Morgan fingerprint density at radius 3 is 2.40 bits per heavy atom. The van der Waals surface area contributed by atoms with Gasteiger partial charge in [-0.1, -0.05) is 13.8 Å². The van der Waals surface area contributed by atoms with E-state index in [4.69, 9.17) is 0 Å². The van der Waals surface area contributed by atoms with Gasteiger partial charge in [0.25, 0.3) is 0 Å². The molecule has 0 aliphatic carbocycles. The van der Waals surface area contributed by atoms with Crippen LogP contribution in [-0.2, 0) is 0 Å². The summed E-state index contributed by atoms with van der Waals surface area (Å²) in [6.45, 7) is 5.30. The van der Waals surface area contributed by atoms with E-state index in [1.54, 1.807) is 6.34 Å². The minimum Gasteiger partial charge on any atom is -0.273 e. The summed E-state index contributed by atoms with van der Waals surface area (Å²) in [5, 5.41) is 0. The lowest BCUT2D eigenvalue weighted by Crippen LogP contribution is -2.26. The topological polar surface area (TPSA) is 24.7 Å². The maximum atomic E-state index is 4.15. The van der Waals surface area contributed by atoms with Gasteiger partial charge in [-0.2, -0.15) is 0 Å². The molecule has 2 nitrogen and oxygen atoms in total. The average molecular weight is 138 g/mol.